The zero-order chi connectivity index (χ0) is 31.0. The molecular formula is C30H36N4O7S. The summed E-state index contributed by atoms with van der Waals surface area (Å²) < 4.78 is 34.1. The van der Waals surface area contributed by atoms with Crippen molar-refractivity contribution in [2.45, 2.75) is 51.6 Å². The molecule has 0 fully saturated rings. The Morgan fingerprint density at radius 3 is 2.33 bits per heavy atom. The number of carbonyl (C=O) groups excluding carboxylic acids is 2. The van der Waals surface area contributed by atoms with Gasteiger partial charge < -0.3 is 15.0 Å². The molecule has 11 nitrogen and oxygen atoms in total. The van der Waals surface area contributed by atoms with Gasteiger partial charge in [0.2, 0.25) is 11.8 Å². The maximum Gasteiger partial charge on any atom is 0.273 e. The minimum atomic E-state index is -4.47. The summed E-state index contributed by atoms with van der Waals surface area (Å²) in [4.78, 5) is 38.9. The molecule has 0 aliphatic carbocycles. The summed E-state index contributed by atoms with van der Waals surface area (Å²) in [6.07, 6.45) is 0.705. The molecule has 0 aliphatic rings. The molecule has 0 aliphatic heterocycles. The Morgan fingerprint density at radius 2 is 1.74 bits per heavy atom. The van der Waals surface area contributed by atoms with Gasteiger partial charge in [-0.15, -0.1) is 0 Å². The Labute approximate surface area is 246 Å². The van der Waals surface area contributed by atoms with Crippen molar-refractivity contribution in [2.24, 2.45) is 0 Å². The summed E-state index contributed by atoms with van der Waals surface area (Å²) >= 11 is 0. The van der Waals surface area contributed by atoms with Crippen LogP contribution in [-0.2, 0) is 26.2 Å². The maximum atomic E-state index is 14.0. The number of nitro groups is 1. The number of methoxy groups -OCH3 is 1. The Balaban J connectivity index is 2.08. The predicted molar refractivity (Wildman–Crippen MR) is 160 cm³/mol. The first-order valence-electron chi connectivity index (χ1n) is 13.4. The van der Waals surface area contributed by atoms with Crippen LogP contribution in [0.5, 0.6) is 5.75 Å². The number of hydrogen-bond acceptors (Lipinski definition) is 7. The van der Waals surface area contributed by atoms with Crippen molar-refractivity contribution in [2.75, 3.05) is 24.5 Å². The monoisotopic (exact) mass is 596 g/mol. The molecule has 12 heteroatoms. The third kappa shape index (κ3) is 7.64. The minimum absolute atomic E-state index is 0.0632. The smallest absolute Gasteiger partial charge is 0.273 e. The predicted octanol–water partition coefficient (Wildman–Crippen LogP) is 4.36. The summed E-state index contributed by atoms with van der Waals surface area (Å²) in [7, 11) is -3.01. The highest BCUT2D eigenvalue weighted by Gasteiger charge is 2.33. The summed E-state index contributed by atoms with van der Waals surface area (Å²) in [6.45, 7) is 6.75. The van der Waals surface area contributed by atoms with Crippen LogP contribution < -0.4 is 14.4 Å². The molecule has 1 N–H and O–H groups in total. The van der Waals surface area contributed by atoms with Gasteiger partial charge in [0.15, 0.2) is 0 Å². The van der Waals surface area contributed by atoms with Crippen LogP contribution in [0.2, 0.25) is 0 Å². The molecule has 0 heterocycles. The summed E-state index contributed by atoms with van der Waals surface area (Å²) in [6, 6.07) is 16.2. The van der Waals surface area contributed by atoms with Crippen LogP contribution in [0.25, 0.3) is 0 Å². The number of nitro benzene ring substituents is 1. The topological polar surface area (TPSA) is 139 Å². The molecule has 42 heavy (non-hydrogen) atoms. The number of benzene rings is 3. The molecule has 0 spiro atoms. The standard InChI is InChI=1S/C30H36N4O7S/c1-6-16-31-30(36)23(4)32(19-24-9-7-8-21(2)17-24)29(35)20-33(25-11-13-26(41-5)14-12-25)42(39,40)27-15-10-22(3)28(18-27)34(37)38/h7-15,17-18,23H,6,16,19-20H2,1-5H3,(H,31,36)/t23-/m0/s1. The lowest BCUT2D eigenvalue weighted by atomic mass is 10.1. The molecule has 224 valence electrons. The molecule has 1 atom stereocenters. The number of aryl methyl sites for hydroxylation is 2. The van der Waals surface area contributed by atoms with Crippen molar-refractivity contribution in [3.8, 4) is 5.75 Å². The van der Waals surface area contributed by atoms with E-state index in [9.17, 15) is 28.1 Å². The average Bonchev–Trinajstić information content (AvgIpc) is 2.96. The van der Waals surface area contributed by atoms with Crippen LogP contribution in [0.15, 0.2) is 71.6 Å². The number of amides is 2. The van der Waals surface area contributed by atoms with Crippen molar-refractivity contribution in [3.63, 3.8) is 0 Å². The lowest BCUT2D eigenvalue weighted by molar-refractivity contribution is -0.385. The zero-order valence-corrected chi connectivity index (χ0v) is 25.2. The third-order valence-electron chi connectivity index (χ3n) is 6.76. The van der Waals surface area contributed by atoms with Gasteiger partial charge in [-0.25, -0.2) is 8.42 Å². The second-order valence-electron chi connectivity index (χ2n) is 9.89. The maximum absolute atomic E-state index is 14.0. The van der Waals surface area contributed by atoms with Crippen molar-refractivity contribution in [1.82, 2.24) is 10.2 Å². The number of ether oxygens (including phenoxy) is 1. The fraction of sp³-hybridized carbons (Fsp3) is 0.333. The molecular weight excluding hydrogens is 560 g/mol. The van der Waals surface area contributed by atoms with E-state index >= 15 is 0 Å². The van der Waals surface area contributed by atoms with Crippen LogP contribution in [-0.4, -0.2) is 56.3 Å². The molecule has 3 rings (SSSR count). The molecule has 3 aromatic carbocycles. The van der Waals surface area contributed by atoms with E-state index in [1.807, 2.05) is 38.1 Å². The van der Waals surface area contributed by atoms with E-state index in [1.54, 1.807) is 19.1 Å². The van der Waals surface area contributed by atoms with E-state index in [1.165, 1.54) is 43.2 Å². The van der Waals surface area contributed by atoms with Gasteiger partial charge in [0.25, 0.3) is 15.7 Å². The van der Waals surface area contributed by atoms with E-state index in [0.29, 0.717) is 24.3 Å². The fourth-order valence-electron chi connectivity index (χ4n) is 4.34. The number of hydrogen-bond donors (Lipinski definition) is 1. The van der Waals surface area contributed by atoms with Crippen LogP contribution in [0, 0.1) is 24.0 Å². The fourth-order valence-corrected chi connectivity index (χ4v) is 5.77. The van der Waals surface area contributed by atoms with Gasteiger partial charge in [-0.2, -0.15) is 0 Å². The van der Waals surface area contributed by atoms with Gasteiger partial charge in [0.05, 0.1) is 22.6 Å². The highest BCUT2D eigenvalue weighted by molar-refractivity contribution is 7.92. The van der Waals surface area contributed by atoms with Crippen molar-refractivity contribution < 1.29 is 27.7 Å². The number of sulfonamides is 1. The highest BCUT2D eigenvalue weighted by atomic mass is 32.2. The lowest BCUT2D eigenvalue weighted by Gasteiger charge is -2.32. The van der Waals surface area contributed by atoms with Crippen LogP contribution in [0.1, 0.15) is 37.0 Å². The SMILES string of the molecule is CCCNC(=O)[C@H](C)N(Cc1cccc(C)c1)C(=O)CN(c1ccc(OC)cc1)S(=O)(=O)c1ccc(C)c([N+](=O)[O-])c1. The van der Waals surface area contributed by atoms with Crippen molar-refractivity contribution in [1.29, 1.82) is 0 Å². The third-order valence-corrected chi connectivity index (χ3v) is 8.53. The number of nitrogens with one attached hydrogen (secondary N) is 1. The van der Waals surface area contributed by atoms with E-state index < -0.39 is 33.4 Å². The Hall–Kier alpha value is -4.45. The average molecular weight is 597 g/mol. The second kappa shape index (κ2) is 13.9. The molecule has 3 aromatic rings. The van der Waals surface area contributed by atoms with Crippen molar-refractivity contribution in [3.05, 3.63) is 93.5 Å². The van der Waals surface area contributed by atoms with Gasteiger partial charge in [-0.1, -0.05) is 42.8 Å². The van der Waals surface area contributed by atoms with Crippen LogP contribution in [0.3, 0.4) is 0 Å². The Morgan fingerprint density at radius 1 is 1.05 bits per heavy atom. The molecule has 0 radical (unpaired) electrons. The number of rotatable bonds is 13. The second-order valence-corrected chi connectivity index (χ2v) is 11.8. The first kappa shape index (κ1) is 32.1. The molecule has 0 bridgehead atoms. The number of anilines is 1. The summed E-state index contributed by atoms with van der Waals surface area (Å²) in [5, 5.41) is 14.4. The first-order valence-corrected chi connectivity index (χ1v) is 14.9. The Kier molecular flexibility index (Phi) is 10.6. The summed E-state index contributed by atoms with van der Waals surface area (Å²) in [5.74, 6) is -0.529. The van der Waals surface area contributed by atoms with E-state index in [2.05, 4.69) is 5.32 Å². The molecule has 0 saturated heterocycles. The quantitative estimate of drug-likeness (QED) is 0.228. The van der Waals surface area contributed by atoms with Crippen LogP contribution in [0.4, 0.5) is 11.4 Å². The minimum Gasteiger partial charge on any atom is -0.497 e. The van der Waals surface area contributed by atoms with Crippen molar-refractivity contribution >= 4 is 33.2 Å². The number of carbonyl (C=O) groups is 2. The van der Waals surface area contributed by atoms with E-state index in [-0.39, 0.29) is 28.7 Å². The molecule has 2 amide bonds. The zero-order valence-electron chi connectivity index (χ0n) is 24.4. The molecule has 0 aromatic heterocycles. The Bertz CT molecular complexity index is 1540. The van der Waals surface area contributed by atoms with E-state index in [0.717, 1.165) is 21.5 Å². The highest BCUT2D eigenvalue weighted by Crippen LogP contribution is 2.29. The van der Waals surface area contributed by atoms with Gasteiger partial charge in [0, 0.05) is 24.7 Å². The largest absolute Gasteiger partial charge is 0.497 e. The van der Waals surface area contributed by atoms with E-state index in [4.69, 9.17) is 4.74 Å². The molecule has 0 saturated carbocycles. The summed E-state index contributed by atoms with van der Waals surface area (Å²) in [5.41, 5.74) is 1.81. The van der Waals surface area contributed by atoms with Gasteiger partial charge in [-0.05, 0) is 63.1 Å². The normalized spacial score (nSPS) is 11.8. The van der Waals surface area contributed by atoms with Gasteiger partial charge in [0.1, 0.15) is 18.3 Å². The van der Waals surface area contributed by atoms with Crippen LogP contribution >= 0.6 is 0 Å². The molecule has 0 unspecified atom stereocenters. The lowest BCUT2D eigenvalue weighted by Crippen LogP contribution is -2.51. The first-order chi connectivity index (χ1) is 19.9. The van der Waals surface area contributed by atoms with Gasteiger partial charge in [-0.3, -0.25) is 24.0 Å². The number of nitrogens with zero attached hydrogens (tertiary/aromatic N) is 3. The van der Waals surface area contributed by atoms with Gasteiger partial charge >= 0.3 is 0 Å².